The number of aromatic nitrogens is 1. The van der Waals surface area contributed by atoms with Gasteiger partial charge < -0.3 is 15.0 Å². The van der Waals surface area contributed by atoms with Crippen molar-refractivity contribution in [3.8, 4) is 5.88 Å². The molecule has 8 nitrogen and oxygen atoms in total. The Kier molecular flexibility index (Phi) is 3.68. The monoisotopic (exact) mass is 252 g/mol. The third-order valence-corrected chi connectivity index (χ3v) is 2.50. The zero-order valence-electron chi connectivity index (χ0n) is 9.54. The van der Waals surface area contributed by atoms with Crippen LogP contribution in [0.15, 0.2) is 18.3 Å². The first-order chi connectivity index (χ1) is 8.66. The van der Waals surface area contributed by atoms with Crippen LogP contribution < -0.4 is 10.1 Å². The molecule has 0 saturated carbocycles. The first kappa shape index (κ1) is 12.2. The topological polar surface area (TPSA) is 97.6 Å². The second kappa shape index (κ2) is 5.41. The van der Waals surface area contributed by atoms with Crippen LogP contribution in [-0.4, -0.2) is 47.1 Å². The van der Waals surface area contributed by atoms with Crippen molar-refractivity contribution in [3.05, 3.63) is 28.4 Å². The Bertz CT molecular complexity index is 442. The number of hydrogen-bond donors (Lipinski definition) is 1. The maximum Gasteiger partial charge on any atom is 0.416 e. The molecule has 1 amide bonds. The molecule has 96 valence electrons. The summed E-state index contributed by atoms with van der Waals surface area (Å²) in [6.45, 7) is 2.60. The summed E-state index contributed by atoms with van der Waals surface area (Å²) in [5.41, 5.74) is -0.142. The normalized spacial score (nSPS) is 15.2. The quantitative estimate of drug-likeness (QED) is 0.604. The minimum Gasteiger partial charge on any atom is -0.391 e. The van der Waals surface area contributed by atoms with Crippen molar-refractivity contribution in [1.29, 1.82) is 0 Å². The molecule has 1 aromatic heterocycles. The van der Waals surface area contributed by atoms with Gasteiger partial charge in [-0.2, -0.15) is 0 Å². The number of amides is 1. The number of nitrogens with one attached hydrogen (secondary N) is 1. The summed E-state index contributed by atoms with van der Waals surface area (Å²) in [6.07, 6.45) is 0.568. The molecule has 8 heteroatoms. The van der Waals surface area contributed by atoms with Crippen molar-refractivity contribution in [3.63, 3.8) is 0 Å². The van der Waals surface area contributed by atoms with E-state index >= 15 is 0 Å². The highest BCUT2D eigenvalue weighted by atomic mass is 16.6. The van der Waals surface area contributed by atoms with Crippen molar-refractivity contribution in [2.75, 3.05) is 26.2 Å². The van der Waals surface area contributed by atoms with Crippen LogP contribution in [0.25, 0.3) is 0 Å². The predicted molar refractivity (Wildman–Crippen MR) is 61.4 cm³/mol. The van der Waals surface area contributed by atoms with Crippen LogP contribution >= 0.6 is 0 Å². The van der Waals surface area contributed by atoms with Crippen LogP contribution in [0.3, 0.4) is 0 Å². The minimum atomic E-state index is -0.561. The molecule has 1 N–H and O–H groups in total. The van der Waals surface area contributed by atoms with Gasteiger partial charge in [-0.25, -0.2) is 9.78 Å². The van der Waals surface area contributed by atoms with Gasteiger partial charge in [0.05, 0.1) is 4.92 Å². The molecule has 1 aliphatic heterocycles. The third kappa shape index (κ3) is 2.92. The molecule has 0 radical (unpaired) electrons. The van der Waals surface area contributed by atoms with Gasteiger partial charge in [0.1, 0.15) is 6.20 Å². The molecular formula is C10H12N4O4. The molecule has 2 heterocycles. The van der Waals surface area contributed by atoms with Crippen LogP contribution in [-0.2, 0) is 0 Å². The lowest BCUT2D eigenvalue weighted by atomic mass is 10.4. The summed E-state index contributed by atoms with van der Waals surface area (Å²) in [5, 5.41) is 13.5. The maximum atomic E-state index is 11.7. The van der Waals surface area contributed by atoms with Crippen LogP contribution in [0.4, 0.5) is 10.5 Å². The highest BCUT2D eigenvalue weighted by molar-refractivity contribution is 5.70. The van der Waals surface area contributed by atoms with E-state index in [2.05, 4.69) is 10.3 Å². The average Bonchev–Trinajstić information content (AvgIpc) is 2.40. The van der Waals surface area contributed by atoms with Crippen molar-refractivity contribution < 1.29 is 14.5 Å². The zero-order valence-corrected chi connectivity index (χ0v) is 9.54. The molecule has 0 aromatic carbocycles. The largest absolute Gasteiger partial charge is 0.416 e. The highest BCUT2D eigenvalue weighted by Gasteiger charge is 2.18. The molecule has 0 unspecified atom stereocenters. The van der Waals surface area contributed by atoms with E-state index in [1.807, 2.05) is 0 Å². The fraction of sp³-hybridized carbons (Fsp3) is 0.400. The van der Waals surface area contributed by atoms with E-state index in [1.54, 1.807) is 4.90 Å². The summed E-state index contributed by atoms with van der Waals surface area (Å²) < 4.78 is 5.01. The highest BCUT2D eigenvalue weighted by Crippen LogP contribution is 2.14. The average molecular weight is 252 g/mol. The molecule has 18 heavy (non-hydrogen) atoms. The molecule has 1 aromatic rings. The summed E-state index contributed by atoms with van der Waals surface area (Å²) in [7, 11) is 0. The summed E-state index contributed by atoms with van der Waals surface area (Å²) >= 11 is 0. The Morgan fingerprint density at radius 2 is 2.17 bits per heavy atom. The van der Waals surface area contributed by atoms with E-state index in [-0.39, 0.29) is 11.6 Å². The maximum absolute atomic E-state index is 11.7. The van der Waals surface area contributed by atoms with Gasteiger partial charge in [-0.1, -0.05) is 0 Å². The summed E-state index contributed by atoms with van der Waals surface area (Å²) in [5.74, 6) is 0.0594. The first-order valence-corrected chi connectivity index (χ1v) is 5.45. The minimum absolute atomic E-state index is 0.0594. The number of carbonyl (C=O) groups is 1. The Morgan fingerprint density at radius 3 is 2.72 bits per heavy atom. The molecule has 1 aliphatic rings. The number of hydrogen-bond acceptors (Lipinski definition) is 6. The second-order valence-corrected chi connectivity index (χ2v) is 3.72. The van der Waals surface area contributed by atoms with Crippen molar-refractivity contribution in [1.82, 2.24) is 15.2 Å². The van der Waals surface area contributed by atoms with Gasteiger partial charge >= 0.3 is 6.09 Å². The van der Waals surface area contributed by atoms with E-state index in [4.69, 9.17) is 4.74 Å². The van der Waals surface area contributed by atoms with Crippen LogP contribution in [0.1, 0.15) is 0 Å². The predicted octanol–water partition coefficient (Wildman–Crippen LogP) is 0.394. The zero-order chi connectivity index (χ0) is 13.0. The Labute approximate surface area is 103 Å². The van der Waals surface area contributed by atoms with Crippen molar-refractivity contribution in [2.45, 2.75) is 0 Å². The Hall–Kier alpha value is -2.22. The summed E-state index contributed by atoms with van der Waals surface area (Å²) in [6, 6.07) is 2.55. The molecule has 2 rings (SSSR count). The number of carbonyl (C=O) groups excluding carboxylic acids is 1. The molecule has 1 fully saturated rings. The molecule has 1 saturated heterocycles. The first-order valence-electron chi connectivity index (χ1n) is 5.45. The van der Waals surface area contributed by atoms with E-state index in [0.29, 0.717) is 13.1 Å². The number of ether oxygens (including phenoxy) is 1. The van der Waals surface area contributed by atoms with Crippen LogP contribution in [0.2, 0.25) is 0 Å². The lowest BCUT2D eigenvalue weighted by molar-refractivity contribution is -0.385. The van der Waals surface area contributed by atoms with E-state index in [0.717, 1.165) is 19.3 Å². The standard InChI is InChI=1S/C10H12N4O4/c15-10(13-5-3-11-4-6-13)18-9-2-1-8(7-12-9)14(16)17/h1-2,7,11H,3-6H2. The van der Waals surface area contributed by atoms with E-state index in [9.17, 15) is 14.9 Å². The number of nitrogens with zero attached hydrogens (tertiary/aromatic N) is 3. The van der Waals surface area contributed by atoms with Crippen molar-refractivity contribution >= 4 is 11.8 Å². The molecular weight excluding hydrogens is 240 g/mol. The fourth-order valence-corrected chi connectivity index (χ4v) is 1.54. The van der Waals surface area contributed by atoms with E-state index < -0.39 is 11.0 Å². The molecule has 0 atom stereocenters. The molecule has 0 aliphatic carbocycles. The fourth-order valence-electron chi connectivity index (χ4n) is 1.54. The van der Waals surface area contributed by atoms with Gasteiger partial charge in [0.2, 0.25) is 5.88 Å². The number of rotatable bonds is 2. The lowest BCUT2D eigenvalue weighted by Gasteiger charge is -2.26. The summed E-state index contributed by atoms with van der Waals surface area (Å²) in [4.78, 5) is 26.8. The smallest absolute Gasteiger partial charge is 0.391 e. The van der Waals surface area contributed by atoms with Gasteiger partial charge in [0.25, 0.3) is 5.69 Å². The number of piperazine rings is 1. The third-order valence-electron chi connectivity index (χ3n) is 2.50. The second-order valence-electron chi connectivity index (χ2n) is 3.72. The van der Waals surface area contributed by atoms with Crippen LogP contribution in [0.5, 0.6) is 5.88 Å². The Balaban J connectivity index is 1.96. The van der Waals surface area contributed by atoms with Gasteiger partial charge in [-0.15, -0.1) is 0 Å². The SMILES string of the molecule is O=C(Oc1ccc([N+](=O)[O-])cn1)N1CCNCC1. The van der Waals surface area contributed by atoms with Gasteiger partial charge in [-0.3, -0.25) is 10.1 Å². The van der Waals surface area contributed by atoms with Gasteiger partial charge in [0.15, 0.2) is 0 Å². The number of nitro groups is 1. The van der Waals surface area contributed by atoms with E-state index in [1.165, 1.54) is 12.1 Å². The van der Waals surface area contributed by atoms with Crippen molar-refractivity contribution in [2.24, 2.45) is 0 Å². The lowest BCUT2D eigenvalue weighted by Crippen LogP contribution is -2.47. The van der Waals surface area contributed by atoms with Crippen LogP contribution in [0, 0.1) is 10.1 Å². The molecule has 0 bridgehead atoms. The Morgan fingerprint density at radius 1 is 1.44 bits per heavy atom. The number of pyridine rings is 1. The van der Waals surface area contributed by atoms with Gasteiger partial charge in [0, 0.05) is 38.3 Å². The van der Waals surface area contributed by atoms with Gasteiger partial charge in [-0.05, 0) is 0 Å². The molecule has 0 spiro atoms.